The normalized spacial score (nSPS) is 14.1. The second-order valence-electron chi connectivity index (χ2n) is 20.5. The predicted octanol–water partition coefficient (Wildman–Crippen LogP) is 3.43. The van der Waals surface area contributed by atoms with Gasteiger partial charge in [-0.25, -0.2) is 13.8 Å². The van der Waals surface area contributed by atoms with Crippen LogP contribution in [0.4, 0.5) is 14.5 Å². The number of amides is 7. The molecule has 0 fully saturated rings. The lowest BCUT2D eigenvalue weighted by Crippen LogP contribution is -2.54. The topological polar surface area (TPSA) is 285 Å². The van der Waals surface area contributed by atoms with E-state index in [0.29, 0.717) is 43.0 Å². The number of nitrogens with zero attached hydrogens (tertiary/aromatic N) is 4. The fourth-order valence-electron chi connectivity index (χ4n) is 8.80. The zero-order valence-corrected chi connectivity index (χ0v) is 45.1. The van der Waals surface area contributed by atoms with E-state index in [1.807, 2.05) is 60.6 Å². The van der Waals surface area contributed by atoms with Crippen LogP contribution in [0.5, 0.6) is 0 Å². The summed E-state index contributed by atoms with van der Waals surface area (Å²) in [5.74, 6) is -4.50. The monoisotopic (exact) mass is 1080 g/mol. The number of aromatic nitrogens is 2. The Morgan fingerprint density at radius 3 is 2.19 bits per heavy atom. The summed E-state index contributed by atoms with van der Waals surface area (Å²) in [5.41, 5.74) is 13.8. The van der Waals surface area contributed by atoms with Gasteiger partial charge < -0.3 is 52.5 Å². The first-order chi connectivity index (χ1) is 37.2. The number of unbranched alkanes of at least 4 members (excludes halogenated alkanes) is 1. The van der Waals surface area contributed by atoms with Crippen molar-refractivity contribution in [3.8, 4) is 11.3 Å². The van der Waals surface area contributed by atoms with E-state index in [-0.39, 0.29) is 89.0 Å². The fourth-order valence-corrected chi connectivity index (χ4v) is 8.80. The first-order valence-electron chi connectivity index (χ1n) is 26.2. The Morgan fingerprint density at radius 2 is 1.54 bits per heavy atom. The van der Waals surface area contributed by atoms with Crippen molar-refractivity contribution < 1.29 is 52.2 Å². The highest BCUT2D eigenvalue weighted by Gasteiger charge is 2.37. The molecule has 22 heteroatoms. The number of carbonyl (C=O) groups excluding carboxylic acids is 7. The Bertz CT molecular complexity index is 2680. The summed E-state index contributed by atoms with van der Waals surface area (Å²) in [7, 11) is 0. The quantitative estimate of drug-likeness (QED) is 0.0204. The van der Waals surface area contributed by atoms with Crippen LogP contribution < -0.4 is 38.1 Å². The lowest BCUT2D eigenvalue weighted by Gasteiger charge is -2.40. The Labute approximate surface area is 454 Å². The van der Waals surface area contributed by atoms with Crippen molar-refractivity contribution in [2.75, 3.05) is 58.0 Å². The Balaban J connectivity index is 1.16. The maximum Gasteiger partial charge on any atom is 0.253 e. The molecule has 0 spiro atoms. The zero-order chi connectivity index (χ0) is 56.9. The van der Waals surface area contributed by atoms with Gasteiger partial charge >= 0.3 is 0 Å². The number of anilines is 1. The zero-order valence-electron chi connectivity index (χ0n) is 45.1. The SMILES string of the molecule is CC(C)[C@H](NC(=O)CCNC(=O)[C@@H](N)CCN(COCCO)[C@@H](c1nc(-c2cc(F)ccc2F)cn1Cc1ccccc1)C(C)(C)C)C(=O)N[C@@H](CCCCN)C(=O)Nc1ccc(CC(=O)NCCN2C(=O)C=CC2=O)cc1. The van der Waals surface area contributed by atoms with Gasteiger partial charge in [0.05, 0.1) is 44.1 Å². The number of aliphatic hydroxyl groups is 1. The smallest absolute Gasteiger partial charge is 0.253 e. The van der Waals surface area contributed by atoms with Gasteiger partial charge in [-0.3, -0.25) is 43.4 Å². The summed E-state index contributed by atoms with van der Waals surface area (Å²) in [5, 5.41) is 23.3. The van der Waals surface area contributed by atoms with Crippen LogP contribution in [0.1, 0.15) is 89.7 Å². The van der Waals surface area contributed by atoms with Crippen LogP contribution in [0, 0.1) is 23.0 Å². The molecule has 10 N–H and O–H groups in total. The second kappa shape index (κ2) is 30.1. The summed E-state index contributed by atoms with van der Waals surface area (Å²) in [6, 6.07) is 15.7. The number of hydrogen-bond acceptors (Lipinski definition) is 13. The Morgan fingerprint density at radius 1 is 0.833 bits per heavy atom. The molecule has 20 nitrogen and oxygen atoms in total. The van der Waals surface area contributed by atoms with E-state index < -0.39 is 82.6 Å². The van der Waals surface area contributed by atoms with Crippen LogP contribution in [-0.2, 0) is 51.3 Å². The van der Waals surface area contributed by atoms with Crippen molar-refractivity contribution in [1.82, 2.24) is 40.6 Å². The molecule has 5 rings (SSSR count). The van der Waals surface area contributed by atoms with Crippen LogP contribution in [0.15, 0.2) is 91.1 Å². The first kappa shape index (κ1) is 61.6. The van der Waals surface area contributed by atoms with Crippen molar-refractivity contribution in [2.45, 2.75) is 104 Å². The molecule has 0 aliphatic carbocycles. The number of nitrogens with one attached hydrogen (secondary N) is 5. The molecule has 1 aliphatic rings. The molecule has 78 heavy (non-hydrogen) atoms. The molecule has 0 saturated carbocycles. The highest BCUT2D eigenvalue weighted by Crippen LogP contribution is 2.39. The van der Waals surface area contributed by atoms with Gasteiger partial charge in [0.15, 0.2) is 0 Å². The number of rotatable bonds is 31. The number of carbonyl (C=O) groups is 7. The van der Waals surface area contributed by atoms with Crippen molar-refractivity contribution in [3.63, 3.8) is 0 Å². The van der Waals surface area contributed by atoms with Crippen LogP contribution >= 0.6 is 0 Å². The van der Waals surface area contributed by atoms with Crippen molar-refractivity contribution in [2.24, 2.45) is 22.8 Å². The number of nitrogens with two attached hydrogens (primary N) is 2. The minimum absolute atomic E-state index is 0.00281. The molecule has 1 aliphatic heterocycles. The van der Waals surface area contributed by atoms with E-state index in [2.05, 4.69) is 26.6 Å². The standard InChI is InChI=1S/C56H75F2N11O9/c1-36(2)50(55(77)65-44(13-9-10-24-59)54(76)63-40-17-14-37(15-18-40)31-47(72)61-26-28-69-48(73)20-21-49(69)74)66-46(71)22-25-62-53(75)43(60)23-27-67(35-78-30-29-70)51(56(3,4)5)52-64-45(41-32-39(57)16-19-42(41)58)34-68(52)33-38-11-7-6-8-12-38/h6-8,11-12,14-21,32,34,36,43-44,50-51,70H,9-10,13,22-31,33,35,59-60H2,1-5H3,(H,61,72)(H,62,75)(H,63,76)(H,65,77)(H,66,71)/t43-,44-,50-,51-/m0/s1. The molecule has 4 atom stereocenters. The molecule has 422 valence electrons. The number of halogens is 2. The molecule has 0 bridgehead atoms. The van der Waals surface area contributed by atoms with Gasteiger partial charge in [-0.2, -0.15) is 0 Å². The van der Waals surface area contributed by atoms with Gasteiger partial charge in [0.25, 0.3) is 11.8 Å². The van der Waals surface area contributed by atoms with E-state index >= 15 is 4.39 Å². The number of aliphatic hydroxyl groups excluding tert-OH is 1. The van der Waals surface area contributed by atoms with Gasteiger partial charge in [0.1, 0.15) is 29.5 Å². The maximum absolute atomic E-state index is 15.2. The average molecular weight is 1080 g/mol. The number of imidazole rings is 1. The highest BCUT2D eigenvalue weighted by atomic mass is 19.1. The number of hydrogen-bond donors (Lipinski definition) is 8. The van der Waals surface area contributed by atoms with Crippen molar-refractivity contribution >= 4 is 47.0 Å². The molecule has 3 aromatic carbocycles. The van der Waals surface area contributed by atoms with Crippen LogP contribution in [-0.4, -0.2) is 137 Å². The molecule has 0 radical (unpaired) electrons. The molecule has 7 amide bonds. The first-order valence-corrected chi connectivity index (χ1v) is 26.2. The molecule has 4 aromatic rings. The Hall–Kier alpha value is -7.24. The van der Waals surface area contributed by atoms with Gasteiger partial charge in [-0.1, -0.05) is 77.1 Å². The molecule has 0 unspecified atom stereocenters. The molecular weight excluding hydrogens is 1010 g/mol. The van der Waals surface area contributed by atoms with Crippen LogP contribution in [0.25, 0.3) is 11.3 Å². The van der Waals surface area contributed by atoms with Gasteiger partial charge in [0, 0.05) is 68.7 Å². The molecule has 0 saturated heterocycles. The maximum atomic E-state index is 15.2. The molecular formula is C56H75F2N11O9. The fraction of sp³-hybridized carbons (Fsp3) is 0.464. The highest BCUT2D eigenvalue weighted by molar-refractivity contribution is 6.12. The average Bonchev–Trinajstić information content (AvgIpc) is 3.97. The molecule has 2 heterocycles. The minimum Gasteiger partial charge on any atom is -0.394 e. The lowest BCUT2D eigenvalue weighted by atomic mass is 9.84. The third-order valence-corrected chi connectivity index (χ3v) is 12.8. The van der Waals surface area contributed by atoms with E-state index in [1.165, 1.54) is 12.2 Å². The summed E-state index contributed by atoms with van der Waals surface area (Å²) >= 11 is 0. The number of imide groups is 1. The summed E-state index contributed by atoms with van der Waals surface area (Å²) in [4.78, 5) is 98.1. The predicted molar refractivity (Wildman–Crippen MR) is 289 cm³/mol. The van der Waals surface area contributed by atoms with E-state index in [4.69, 9.17) is 21.2 Å². The molecule has 1 aromatic heterocycles. The van der Waals surface area contributed by atoms with Crippen LogP contribution in [0.3, 0.4) is 0 Å². The lowest BCUT2D eigenvalue weighted by molar-refractivity contribution is -0.137. The van der Waals surface area contributed by atoms with Gasteiger partial charge in [-0.15, -0.1) is 0 Å². The van der Waals surface area contributed by atoms with E-state index in [9.17, 15) is 43.1 Å². The minimum atomic E-state index is -1.05. The Kier molecular flexibility index (Phi) is 23.7. The summed E-state index contributed by atoms with van der Waals surface area (Å²) in [6.07, 6.45) is 5.33. The van der Waals surface area contributed by atoms with Crippen molar-refractivity contribution in [1.29, 1.82) is 0 Å². The second-order valence-corrected chi connectivity index (χ2v) is 20.5. The van der Waals surface area contributed by atoms with Crippen LogP contribution in [0.2, 0.25) is 0 Å². The van der Waals surface area contributed by atoms with E-state index in [1.54, 1.807) is 44.3 Å². The number of benzene rings is 3. The van der Waals surface area contributed by atoms with Gasteiger partial charge in [-0.05, 0) is 85.0 Å². The third-order valence-electron chi connectivity index (χ3n) is 12.8. The number of ether oxygens (including phenoxy) is 1. The largest absolute Gasteiger partial charge is 0.394 e. The third kappa shape index (κ3) is 18.7. The van der Waals surface area contributed by atoms with Crippen molar-refractivity contribution in [3.05, 3.63) is 120 Å². The summed E-state index contributed by atoms with van der Waals surface area (Å²) < 4.78 is 37.4. The van der Waals surface area contributed by atoms with E-state index in [0.717, 1.165) is 28.7 Å². The van der Waals surface area contributed by atoms with Gasteiger partial charge in [0.2, 0.25) is 29.5 Å². The summed E-state index contributed by atoms with van der Waals surface area (Å²) in [6.45, 7) is 10.2.